The summed E-state index contributed by atoms with van der Waals surface area (Å²) in [5, 5.41) is 18.4. The SMILES string of the molecule is CC(C)(CF)Cn1c(Cc2ccc(-c3cccc(OCc4ccc(C#N)cc4F)n3)cc2F)nc2ccc(C(=O)O)cc21. The highest BCUT2D eigenvalue weighted by atomic mass is 19.1. The van der Waals surface area contributed by atoms with E-state index in [1.807, 2.05) is 6.07 Å². The van der Waals surface area contributed by atoms with Crippen LogP contribution in [0.4, 0.5) is 13.2 Å². The smallest absolute Gasteiger partial charge is 0.335 e. The summed E-state index contributed by atoms with van der Waals surface area (Å²) in [4.78, 5) is 20.6. The minimum atomic E-state index is -1.09. The molecule has 5 aromatic rings. The van der Waals surface area contributed by atoms with Crippen molar-refractivity contribution in [3.8, 4) is 23.2 Å². The molecule has 0 amide bonds. The maximum absolute atomic E-state index is 15.5. The van der Waals surface area contributed by atoms with Gasteiger partial charge in [-0.05, 0) is 48.0 Å². The van der Waals surface area contributed by atoms with E-state index < -0.39 is 29.7 Å². The average molecular weight is 585 g/mol. The number of imidazole rings is 1. The van der Waals surface area contributed by atoms with Crippen molar-refractivity contribution in [2.75, 3.05) is 6.67 Å². The maximum atomic E-state index is 15.5. The lowest BCUT2D eigenvalue weighted by Crippen LogP contribution is -2.23. The number of aromatic nitrogens is 3. The Bertz CT molecular complexity index is 1880. The number of aromatic carboxylic acids is 1. The molecule has 218 valence electrons. The number of carboxylic acids is 1. The molecule has 2 aromatic heterocycles. The largest absolute Gasteiger partial charge is 0.478 e. The third kappa shape index (κ3) is 6.51. The summed E-state index contributed by atoms with van der Waals surface area (Å²) in [6, 6.07) is 20.2. The Morgan fingerprint density at radius 2 is 1.77 bits per heavy atom. The lowest BCUT2D eigenvalue weighted by atomic mass is 9.95. The van der Waals surface area contributed by atoms with Gasteiger partial charge in [0.05, 0.1) is 40.6 Å². The fourth-order valence-electron chi connectivity index (χ4n) is 4.65. The Morgan fingerprint density at radius 1 is 1.00 bits per heavy atom. The zero-order chi connectivity index (χ0) is 30.7. The first-order chi connectivity index (χ1) is 20.6. The van der Waals surface area contributed by atoms with Crippen molar-refractivity contribution in [3.63, 3.8) is 0 Å². The molecule has 1 N–H and O–H groups in total. The van der Waals surface area contributed by atoms with E-state index in [1.54, 1.807) is 54.8 Å². The molecular weight excluding hydrogens is 557 g/mol. The number of hydrogen-bond donors (Lipinski definition) is 1. The minimum Gasteiger partial charge on any atom is -0.478 e. The van der Waals surface area contributed by atoms with Crippen molar-refractivity contribution in [1.29, 1.82) is 5.26 Å². The van der Waals surface area contributed by atoms with Crippen molar-refractivity contribution < 1.29 is 27.8 Å². The molecule has 0 aliphatic carbocycles. The molecule has 0 saturated heterocycles. The summed E-state index contributed by atoms with van der Waals surface area (Å²) in [6.07, 6.45) is 0.0955. The van der Waals surface area contributed by atoms with Crippen LogP contribution in [0, 0.1) is 28.4 Å². The van der Waals surface area contributed by atoms with Crippen LogP contribution in [0.2, 0.25) is 0 Å². The number of hydrogen-bond acceptors (Lipinski definition) is 5. The highest BCUT2D eigenvalue weighted by Crippen LogP contribution is 2.28. The summed E-state index contributed by atoms with van der Waals surface area (Å²) in [6.45, 7) is 3.03. The van der Waals surface area contributed by atoms with E-state index >= 15 is 4.39 Å². The first-order valence-electron chi connectivity index (χ1n) is 13.4. The summed E-state index contributed by atoms with van der Waals surface area (Å²) in [5.41, 5.74) is 2.16. The first-order valence-corrected chi connectivity index (χ1v) is 13.4. The van der Waals surface area contributed by atoms with Crippen LogP contribution in [0.1, 0.15) is 46.7 Å². The highest BCUT2D eigenvalue weighted by molar-refractivity contribution is 5.92. The number of benzene rings is 3. The summed E-state index contributed by atoms with van der Waals surface area (Å²) in [5.74, 6) is -1.45. The molecular formula is C33H27F3N4O3. The third-order valence-electron chi connectivity index (χ3n) is 7.00. The maximum Gasteiger partial charge on any atom is 0.335 e. The number of pyridine rings is 1. The Kier molecular flexibility index (Phi) is 8.17. The van der Waals surface area contributed by atoms with E-state index in [4.69, 9.17) is 10.00 Å². The molecule has 0 bridgehead atoms. The van der Waals surface area contributed by atoms with Crippen molar-refractivity contribution in [2.45, 2.75) is 33.4 Å². The molecule has 0 unspecified atom stereocenters. The number of halogens is 3. The van der Waals surface area contributed by atoms with Gasteiger partial charge in [-0.15, -0.1) is 0 Å². The number of ether oxygens (including phenoxy) is 1. The van der Waals surface area contributed by atoms with Gasteiger partial charge in [0.1, 0.15) is 24.1 Å². The number of alkyl halides is 1. The summed E-state index contributed by atoms with van der Waals surface area (Å²) < 4.78 is 50.9. The second-order valence-corrected chi connectivity index (χ2v) is 11.0. The van der Waals surface area contributed by atoms with Crippen LogP contribution in [0.5, 0.6) is 5.88 Å². The Balaban J connectivity index is 1.39. The number of nitrogens with zero attached hydrogens (tertiary/aromatic N) is 4. The van der Waals surface area contributed by atoms with Crippen molar-refractivity contribution in [2.24, 2.45) is 5.41 Å². The molecule has 0 fully saturated rings. The number of fused-ring (bicyclic) bond motifs is 1. The minimum absolute atomic E-state index is 0.0783. The van der Waals surface area contributed by atoms with Crippen LogP contribution in [-0.2, 0) is 19.6 Å². The Morgan fingerprint density at radius 3 is 2.47 bits per heavy atom. The number of nitriles is 1. The molecule has 0 atom stereocenters. The van der Waals surface area contributed by atoms with Gasteiger partial charge in [0.25, 0.3) is 0 Å². The second kappa shape index (κ2) is 12.0. The Hall–Kier alpha value is -5.17. The van der Waals surface area contributed by atoms with Crippen molar-refractivity contribution in [3.05, 3.63) is 113 Å². The molecule has 43 heavy (non-hydrogen) atoms. The van der Waals surface area contributed by atoms with Gasteiger partial charge in [-0.3, -0.25) is 4.39 Å². The molecule has 0 aliphatic heterocycles. The van der Waals surface area contributed by atoms with Gasteiger partial charge in [0.2, 0.25) is 5.88 Å². The normalized spacial score (nSPS) is 11.4. The van der Waals surface area contributed by atoms with E-state index in [1.165, 1.54) is 30.3 Å². The van der Waals surface area contributed by atoms with Gasteiger partial charge in [-0.2, -0.15) is 5.26 Å². The number of carbonyl (C=O) groups is 1. The number of carboxylic acid groups (broad SMARTS) is 1. The molecule has 7 nitrogen and oxygen atoms in total. The average Bonchev–Trinajstić information content (AvgIpc) is 3.32. The van der Waals surface area contributed by atoms with Crippen molar-refractivity contribution >= 4 is 17.0 Å². The van der Waals surface area contributed by atoms with E-state index in [2.05, 4.69) is 9.97 Å². The van der Waals surface area contributed by atoms with E-state index in [0.717, 1.165) is 6.07 Å². The quantitative estimate of drug-likeness (QED) is 0.188. The number of rotatable bonds is 10. The van der Waals surface area contributed by atoms with Gasteiger partial charge >= 0.3 is 5.97 Å². The first kappa shape index (κ1) is 29.3. The van der Waals surface area contributed by atoms with Crippen LogP contribution in [0.25, 0.3) is 22.3 Å². The van der Waals surface area contributed by atoms with E-state index in [0.29, 0.717) is 33.7 Å². The van der Waals surface area contributed by atoms with Crippen LogP contribution in [-0.4, -0.2) is 32.3 Å². The molecule has 2 heterocycles. The van der Waals surface area contributed by atoms with Gasteiger partial charge in [0, 0.05) is 35.6 Å². The van der Waals surface area contributed by atoms with E-state index in [9.17, 15) is 18.7 Å². The zero-order valence-corrected chi connectivity index (χ0v) is 23.4. The van der Waals surface area contributed by atoms with Crippen LogP contribution in [0.15, 0.2) is 72.8 Å². The molecule has 10 heteroatoms. The van der Waals surface area contributed by atoms with Gasteiger partial charge < -0.3 is 14.4 Å². The summed E-state index contributed by atoms with van der Waals surface area (Å²) >= 11 is 0. The fraction of sp³-hybridized carbons (Fsp3) is 0.212. The lowest BCUT2D eigenvalue weighted by molar-refractivity contribution is 0.0697. The second-order valence-electron chi connectivity index (χ2n) is 11.0. The standard InChI is InChI=1S/C33H27F3N4O3/c1-33(2,18-34)19-40-29-14-23(32(41)42)10-11-28(29)38-30(40)15-21-8-9-22(13-26(21)36)27-4-3-5-31(39-27)43-17-24-7-6-20(16-37)12-25(24)35/h3-14H,15,17-19H2,1-2H3,(H,41,42). The van der Waals surface area contributed by atoms with Crippen LogP contribution < -0.4 is 4.74 Å². The van der Waals surface area contributed by atoms with Crippen molar-refractivity contribution in [1.82, 2.24) is 14.5 Å². The highest BCUT2D eigenvalue weighted by Gasteiger charge is 2.23. The predicted octanol–water partition coefficient (Wildman–Crippen LogP) is 7.11. The molecule has 0 spiro atoms. The summed E-state index contributed by atoms with van der Waals surface area (Å²) in [7, 11) is 0. The van der Waals surface area contributed by atoms with Gasteiger partial charge in [-0.25, -0.2) is 23.5 Å². The molecule has 0 radical (unpaired) electrons. The van der Waals surface area contributed by atoms with E-state index in [-0.39, 0.29) is 42.1 Å². The zero-order valence-electron chi connectivity index (χ0n) is 23.4. The molecule has 3 aromatic carbocycles. The monoisotopic (exact) mass is 584 g/mol. The molecule has 0 saturated carbocycles. The van der Waals surface area contributed by atoms with Crippen LogP contribution >= 0.6 is 0 Å². The lowest BCUT2D eigenvalue weighted by Gasteiger charge is -2.23. The molecule has 5 rings (SSSR count). The molecule has 0 aliphatic rings. The third-order valence-corrected chi connectivity index (χ3v) is 7.00. The van der Waals surface area contributed by atoms with Crippen LogP contribution in [0.3, 0.4) is 0 Å². The fourth-order valence-corrected chi connectivity index (χ4v) is 4.65. The predicted molar refractivity (Wildman–Crippen MR) is 154 cm³/mol. The van der Waals surface area contributed by atoms with Gasteiger partial charge in [-0.1, -0.05) is 38.1 Å². The Labute approximate surface area is 245 Å². The van der Waals surface area contributed by atoms with Gasteiger partial charge in [0.15, 0.2) is 0 Å². The topological polar surface area (TPSA) is 101 Å².